The van der Waals surface area contributed by atoms with Crippen molar-refractivity contribution in [2.75, 3.05) is 0 Å². The highest BCUT2D eigenvalue weighted by molar-refractivity contribution is 5.79. The van der Waals surface area contributed by atoms with Crippen LogP contribution in [-0.4, -0.2) is 5.78 Å². The van der Waals surface area contributed by atoms with Crippen LogP contribution < -0.4 is 0 Å². The summed E-state index contributed by atoms with van der Waals surface area (Å²) < 4.78 is 0. The molecule has 0 aromatic heterocycles. The first-order chi connectivity index (χ1) is 10.5. The van der Waals surface area contributed by atoms with Gasteiger partial charge in [0.2, 0.25) is 0 Å². The number of hydrogen-bond acceptors (Lipinski definition) is 1. The van der Waals surface area contributed by atoms with Crippen molar-refractivity contribution in [1.82, 2.24) is 0 Å². The number of carbonyl (C=O) groups is 1. The highest BCUT2D eigenvalue weighted by Gasteiger charge is 2.59. The lowest BCUT2D eigenvalue weighted by Crippen LogP contribution is -2.52. The van der Waals surface area contributed by atoms with Gasteiger partial charge in [-0.3, -0.25) is 4.79 Å². The Morgan fingerprint density at radius 2 is 1.73 bits per heavy atom. The zero-order valence-corrected chi connectivity index (χ0v) is 14.6. The maximum atomic E-state index is 12.1. The smallest absolute Gasteiger partial charge is 0.133 e. The van der Waals surface area contributed by atoms with E-state index in [4.69, 9.17) is 0 Å². The second-order valence-corrected chi connectivity index (χ2v) is 9.35. The van der Waals surface area contributed by atoms with Crippen molar-refractivity contribution in [1.29, 1.82) is 0 Å². The Kier molecular flexibility index (Phi) is 3.37. The Labute approximate surface area is 135 Å². The summed E-state index contributed by atoms with van der Waals surface area (Å²) in [7, 11) is 0. The second-order valence-electron chi connectivity index (χ2n) is 9.35. The molecule has 3 fully saturated rings. The summed E-state index contributed by atoms with van der Waals surface area (Å²) in [6, 6.07) is 0. The van der Waals surface area contributed by atoms with E-state index in [1.165, 1.54) is 51.4 Å². The quantitative estimate of drug-likeness (QED) is 0.592. The molecule has 0 N–H and O–H groups in total. The summed E-state index contributed by atoms with van der Waals surface area (Å²) in [5.41, 5.74) is 0.869. The fraction of sp³-hybridized carbons (Fsp3) is 0.857. The van der Waals surface area contributed by atoms with Gasteiger partial charge in [-0.15, -0.1) is 0 Å². The fourth-order valence-corrected chi connectivity index (χ4v) is 7.51. The largest absolute Gasteiger partial charge is 0.300 e. The molecule has 0 aromatic carbocycles. The third-order valence-electron chi connectivity index (χ3n) is 8.70. The van der Waals surface area contributed by atoms with Crippen LogP contribution in [0.2, 0.25) is 0 Å². The van der Waals surface area contributed by atoms with Gasteiger partial charge < -0.3 is 0 Å². The maximum Gasteiger partial charge on any atom is 0.133 e. The third-order valence-corrected chi connectivity index (χ3v) is 8.70. The minimum Gasteiger partial charge on any atom is -0.300 e. The van der Waals surface area contributed by atoms with E-state index in [9.17, 15) is 4.79 Å². The summed E-state index contributed by atoms with van der Waals surface area (Å²) in [6.07, 6.45) is 15.5. The van der Waals surface area contributed by atoms with Crippen molar-refractivity contribution >= 4 is 5.78 Å². The van der Waals surface area contributed by atoms with Crippen LogP contribution in [-0.2, 0) is 4.79 Å². The lowest BCUT2D eigenvalue weighted by Gasteiger charge is -2.59. The molecule has 4 rings (SSSR count). The van der Waals surface area contributed by atoms with Crippen LogP contribution >= 0.6 is 0 Å². The summed E-state index contributed by atoms with van der Waals surface area (Å²) in [5.74, 6) is 4.38. The molecule has 7 atom stereocenters. The molecule has 0 aromatic rings. The Morgan fingerprint density at radius 3 is 2.50 bits per heavy atom. The van der Waals surface area contributed by atoms with E-state index in [0.717, 1.165) is 23.7 Å². The van der Waals surface area contributed by atoms with E-state index < -0.39 is 0 Å². The van der Waals surface area contributed by atoms with Crippen molar-refractivity contribution in [3.63, 3.8) is 0 Å². The molecule has 0 spiro atoms. The zero-order chi connectivity index (χ0) is 15.5. The molecule has 3 saturated carbocycles. The molecular weight excluding hydrogens is 268 g/mol. The van der Waals surface area contributed by atoms with Crippen molar-refractivity contribution in [3.8, 4) is 0 Å². The molecule has 0 radical (unpaired) electrons. The van der Waals surface area contributed by atoms with Gasteiger partial charge in [-0.1, -0.05) is 26.0 Å². The topological polar surface area (TPSA) is 17.1 Å². The van der Waals surface area contributed by atoms with Crippen molar-refractivity contribution in [3.05, 3.63) is 12.2 Å². The van der Waals surface area contributed by atoms with Gasteiger partial charge >= 0.3 is 0 Å². The number of Topliss-reactive ketones (excluding diaryl/α,β-unsaturated/α-hetero) is 1. The van der Waals surface area contributed by atoms with E-state index in [1.807, 2.05) is 6.92 Å². The first-order valence-electron chi connectivity index (χ1n) is 9.62. The van der Waals surface area contributed by atoms with Crippen LogP contribution in [0.1, 0.15) is 72.1 Å². The molecular formula is C21H32O. The van der Waals surface area contributed by atoms with E-state index in [0.29, 0.717) is 22.5 Å². The average molecular weight is 300 g/mol. The molecule has 22 heavy (non-hydrogen) atoms. The predicted molar refractivity (Wildman–Crippen MR) is 90.4 cm³/mol. The number of ketones is 1. The molecule has 0 aliphatic heterocycles. The normalized spacial score (nSPS) is 53.5. The monoisotopic (exact) mass is 300 g/mol. The number of hydrogen-bond donors (Lipinski definition) is 0. The van der Waals surface area contributed by atoms with Crippen LogP contribution in [0.15, 0.2) is 12.2 Å². The van der Waals surface area contributed by atoms with Crippen LogP contribution in [0.4, 0.5) is 0 Å². The molecule has 0 amide bonds. The lowest BCUT2D eigenvalue weighted by molar-refractivity contribution is -0.131. The maximum absolute atomic E-state index is 12.1. The third kappa shape index (κ3) is 1.86. The predicted octanol–water partition coefficient (Wildman–Crippen LogP) is 5.40. The summed E-state index contributed by atoms with van der Waals surface area (Å²) in [5, 5.41) is 0. The first-order valence-corrected chi connectivity index (χ1v) is 9.62. The minimum atomic E-state index is 0.320. The summed E-state index contributed by atoms with van der Waals surface area (Å²) >= 11 is 0. The summed E-state index contributed by atoms with van der Waals surface area (Å²) in [4.78, 5) is 12.1. The second kappa shape index (κ2) is 4.95. The molecule has 1 nitrogen and oxygen atoms in total. The Morgan fingerprint density at radius 1 is 0.955 bits per heavy atom. The van der Waals surface area contributed by atoms with Gasteiger partial charge in [0, 0.05) is 5.92 Å². The van der Waals surface area contributed by atoms with E-state index in [2.05, 4.69) is 26.0 Å². The van der Waals surface area contributed by atoms with Gasteiger partial charge in [0.15, 0.2) is 0 Å². The van der Waals surface area contributed by atoms with Crippen LogP contribution in [0.25, 0.3) is 0 Å². The van der Waals surface area contributed by atoms with Gasteiger partial charge in [0.05, 0.1) is 0 Å². The molecule has 122 valence electrons. The lowest BCUT2D eigenvalue weighted by atomic mass is 9.45. The number of carbonyl (C=O) groups excluding carboxylic acids is 1. The number of rotatable bonds is 1. The van der Waals surface area contributed by atoms with Gasteiger partial charge in [-0.25, -0.2) is 0 Å². The molecule has 6 unspecified atom stereocenters. The minimum absolute atomic E-state index is 0.320. The van der Waals surface area contributed by atoms with Crippen LogP contribution in [0.5, 0.6) is 0 Å². The van der Waals surface area contributed by atoms with E-state index in [1.54, 1.807) is 0 Å². The molecule has 0 heterocycles. The van der Waals surface area contributed by atoms with Gasteiger partial charge in [0.25, 0.3) is 0 Å². The van der Waals surface area contributed by atoms with E-state index >= 15 is 0 Å². The Bertz CT molecular complexity index is 506. The molecule has 0 bridgehead atoms. The Balaban J connectivity index is 1.65. The van der Waals surface area contributed by atoms with Crippen molar-refractivity contribution in [2.24, 2.45) is 40.4 Å². The average Bonchev–Trinajstić information content (AvgIpc) is 2.84. The SMILES string of the molecule is CC(=O)C1CCC2C3CC[C@H]4CC=CCC4(C)C3CCC12C. The van der Waals surface area contributed by atoms with Crippen LogP contribution in [0, 0.1) is 40.4 Å². The molecule has 0 saturated heterocycles. The first kappa shape index (κ1) is 15.0. The van der Waals surface area contributed by atoms with E-state index in [-0.39, 0.29) is 0 Å². The fourth-order valence-electron chi connectivity index (χ4n) is 7.51. The van der Waals surface area contributed by atoms with Crippen LogP contribution in [0.3, 0.4) is 0 Å². The Hall–Kier alpha value is -0.590. The van der Waals surface area contributed by atoms with Crippen molar-refractivity contribution in [2.45, 2.75) is 72.1 Å². The highest BCUT2D eigenvalue weighted by atomic mass is 16.1. The zero-order valence-electron chi connectivity index (χ0n) is 14.6. The molecule has 1 heteroatoms. The standard InChI is InChI=1S/C21H32O/c1-14(22)17-9-10-18-16-8-7-15-6-4-5-12-20(15,2)19(16)11-13-21(17,18)3/h4-5,15-19H,6-13H2,1-3H3/t15-,16?,17?,18?,19?,20?,21?/m1/s1. The summed E-state index contributed by atoms with van der Waals surface area (Å²) in [6.45, 7) is 6.90. The van der Waals surface area contributed by atoms with Crippen molar-refractivity contribution < 1.29 is 4.79 Å². The molecule has 4 aliphatic rings. The molecule has 4 aliphatic carbocycles. The van der Waals surface area contributed by atoms with Gasteiger partial charge in [-0.05, 0) is 92.8 Å². The van der Waals surface area contributed by atoms with Gasteiger partial charge in [0.1, 0.15) is 5.78 Å². The number of fused-ring (bicyclic) bond motifs is 5. The van der Waals surface area contributed by atoms with Gasteiger partial charge in [-0.2, -0.15) is 0 Å². The highest BCUT2D eigenvalue weighted by Crippen LogP contribution is 2.66. The number of allylic oxidation sites excluding steroid dienone is 2.